The minimum Gasteiger partial charge on any atom is -0.279 e. The molecule has 0 bridgehead atoms. The zero-order chi connectivity index (χ0) is 23.2. The number of H-pyrrole nitrogens is 1. The van der Waals surface area contributed by atoms with Crippen LogP contribution in [0.2, 0.25) is 5.02 Å². The molecular formula is C24H43ClN4O2S. The van der Waals surface area contributed by atoms with Crippen LogP contribution in [0.5, 0.6) is 0 Å². The highest BCUT2D eigenvalue weighted by Crippen LogP contribution is 2.19. The molecule has 1 N–H and O–H groups in total. The van der Waals surface area contributed by atoms with Crippen LogP contribution in [0.1, 0.15) is 115 Å². The monoisotopic (exact) mass is 486 g/mol. The summed E-state index contributed by atoms with van der Waals surface area (Å²) in [6.07, 6.45) is 18.9. The molecule has 8 heteroatoms. The fourth-order valence-corrected chi connectivity index (χ4v) is 5.72. The molecule has 0 fully saturated rings. The molecule has 2 aromatic rings. The van der Waals surface area contributed by atoms with Crippen molar-refractivity contribution >= 4 is 27.1 Å². The summed E-state index contributed by atoms with van der Waals surface area (Å²) in [5, 5.41) is 7.91. The van der Waals surface area contributed by atoms with Crippen LogP contribution in [-0.2, 0) is 16.3 Å². The number of hydrogen-bond donors (Lipinski definition) is 1. The van der Waals surface area contributed by atoms with Gasteiger partial charge in [-0.05, 0) is 19.8 Å². The Morgan fingerprint density at radius 1 is 0.812 bits per heavy atom. The fourth-order valence-electron chi connectivity index (χ4n) is 4.13. The predicted octanol–water partition coefficient (Wildman–Crippen LogP) is 6.85. The SMILES string of the molecule is CCCCCCCCCCCCCCCCS(=O)(=O)CCCc1nc2c(Cl)c(C)[nH]n2n1. The molecule has 2 aromatic heterocycles. The Bertz CT molecular complexity index is 876. The molecule has 0 aliphatic rings. The Labute approximate surface area is 199 Å². The van der Waals surface area contributed by atoms with Crippen molar-refractivity contribution in [2.75, 3.05) is 11.5 Å². The molecule has 0 aliphatic carbocycles. The van der Waals surface area contributed by atoms with E-state index in [2.05, 4.69) is 22.1 Å². The van der Waals surface area contributed by atoms with E-state index in [4.69, 9.17) is 11.6 Å². The molecule has 0 amide bonds. The quantitative estimate of drug-likeness (QED) is 0.220. The van der Waals surface area contributed by atoms with Crippen LogP contribution >= 0.6 is 11.6 Å². The molecule has 0 atom stereocenters. The molecular weight excluding hydrogens is 444 g/mol. The first-order chi connectivity index (χ1) is 15.4. The second-order valence-electron chi connectivity index (χ2n) is 9.17. The molecule has 0 aromatic carbocycles. The summed E-state index contributed by atoms with van der Waals surface area (Å²) < 4.78 is 26.1. The van der Waals surface area contributed by atoms with E-state index < -0.39 is 9.84 Å². The Kier molecular flexibility index (Phi) is 12.7. The number of nitrogens with zero attached hydrogens (tertiary/aromatic N) is 3. The van der Waals surface area contributed by atoms with Crippen LogP contribution < -0.4 is 0 Å². The second kappa shape index (κ2) is 14.9. The number of sulfone groups is 1. The van der Waals surface area contributed by atoms with Crippen LogP contribution in [-0.4, -0.2) is 39.7 Å². The number of unbranched alkanes of at least 4 members (excludes halogenated alkanes) is 13. The van der Waals surface area contributed by atoms with Gasteiger partial charge in [-0.25, -0.2) is 13.4 Å². The molecule has 0 radical (unpaired) electrons. The van der Waals surface area contributed by atoms with Crippen LogP contribution in [0.25, 0.3) is 5.65 Å². The zero-order valence-electron chi connectivity index (χ0n) is 20.2. The molecule has 0 spiro atoms. The van der Waals surface area contributed by atoms with E-state index >= 15 is 0 Å². The third kappa shape index (κ3) is 10.2. The molecule has 6 nitrogen and oxygen atoms in total. The summed E-state index contributed by atoms with van der Waals surface area (Å²) in [4.78, 5) is 4.39. The number of aromatic nitrogens is 4. The van der Waals surface area contributed by atoms with E-state index in [-0.39, 0.29) is 5.75 Å². The second-order valence-corrected chi connectivity index (χ2v) is 11.8. The zero-order valence-corrected chi connectivity index (χ0v) is 21.7. The van der Waals surface area contributed by atoms with Crippen LogP contribution in [0, 0.1) is 6.92 Å². The number of rotatable bonds is 19. The standard InChI is InChI=1S/C24H43ClN4O2S/c1-3-4-5-6-7-8-9-10-11-12-13-14-15-16-19-32(30,31)20-17-18-22-26-24-23(25)21(2)27-29(24)28-22/h27H,3-20H2,1-2H3. The third-order valence-corrected chi connectivity index (χ3v) is 8.39. The summed E-state index contributed by atoms with van der Waals surface area (Å²) in [7, 11) is -3.00. The number of aromatic amines is 1. The van der Waals surface area contributed by atoms with Gasteiger partial charge in [0.1, 0.15) is 14.9 Å². The van der Waals surface area contributed by atoms with Crippen molar-refractivity contribution in [2.45, 2.75) is 117 Å². The molecule has 2 rings (SSSR count). The third-order valence-electron chi connectivity index (χ3n) is 6.11. The topological polar surface area (TPSA) is 80.1 Å². The highest BCUT2D eigenvalue weighted by Gasteiger charge is 2.14. The maximum atomic E-state index is 12.3. The lowest BCUT2D eigenvalue weighted by Crippen LogP contribution is -2.12. The van der Waals surface area contributed by atoms with Crippen molar-refractivity contribution in [1.29, 1.82) is 0 Å². The van der Waals surface area contributed by atoms with Gasteiger partial charge in [-0.15, -0.1) is 5.10 Å². The van der Waals surface area contributed by atoms with Gasteiger partial charge in [0.15, 0.2) is 11.5 Å². The van der Waals surface area contributed by atoms with Gasteiger partial charge >= 0.3 is 0 Å². The summed E-state index contributed by atoms with van der Waals surface area (Å²) in [6, 6.07) is 0. The largest absolute Gasteiger partial charge is 0.279 e. The Balaban J connectivity index is 1.44. The van der Waals surface area contributed by atoms with Crippen molar-refractivity contribution in [2.24, 2.45) is 0 Å². The van der Waals surface area contributed by atoms with Crippen molar-refractivity contribution < 1.29 is 8.42 Å². The molecule has 184 valence electrons. The minimum absolute atomic E-state index is 0.200. The lowest BCUT2D eigenvalue weighted by molar-refractivity contribution is 0.537. The average Bonchev–Trinajstić information content (AvgIpc) is 3.26. The van der Waals surface area contributed by atoms with Crippen LogP contribution in [0.15, 0.2) is 0 Å². The van der Waals surface area contributed by atoms with E-state index in [1.165, 1.54) is 70.6 Å². The Morgan fingerprint density at radius 3 is 1.84 bits per heavy atom. The van der Waals surface area contributed by atoms with Gasteiger partial charge < -0.3 is 0 Å². The van der Waals surface area contributed by atoms with Gasteiger partial charge in [-0.3, -0.25) is 5.10 Å². The number of nitrogens with one attached hydrogen (secondary N) is 1. The van der Waals surface area contributed by atoms with Crippen molar-refractivity contribution in [3.8, 4) is 0 Å². The minimum atomic E-state index is -3.00. The molecule has 0 aliphatic heterocycles. The van der Waals surface area contributed by atoms with Crippen molar-refractivity contribution in [3.63, 3.8) is 0 Å². The fraction of sp³-hybridized carbons (Fsp3) is 0.833. The molecule has 0 saturated heterocycles. The lowest BCUT2D eigenvalue weighted by Gasteiger charge is -2.05. The van der Waals surface area contributed by atoms with Gasteiger partial charge in [0.05, 0.1) is 17.2 Å². The highest BCUT2D eigenvalue weighted by atomic mass is 35.5. The summed E-state index contributed by atoms with van der Waals surface area (Å²) in [5.41, 5.74) is 1.42. The molecule has 32 heavy (non-hydrogen) atoms. The van der Waals surface area contributed by atoms with E-state index in [0.717, 1.165) is 25.0 Å². The normalized spacial score (nSPS) is 12.2. The number of fused-ring (bicyclic) bond motifs is 1. The van der Waals surface area contributed by atoms with E-state index in [0.29, 0.717) is 35.1 Å². The number of halogens is 1. The molecule has 2 heterocycles. The average molecular weight is 487 g/mol. The van der Waals surface area contributed by atoms with Gasteiger partial charge in [0.2, 0.25) is 0 Å². The maximum Gasteiger partial charge on any atom is 0.194 e. The van der Waals surface area contributed by atoms with E-state index in [1.54, 1.807) is 4.63 Å². The van der Waals surface area contributed by atoms with Gasteiger partial charge in [-0.1, -0.05) is 102 Å². The number of hydrogen-bond acceptors (Lipinski definition) is 4. The van der Waals surface area contributed by atoms with Gasteiger partial charge in [0, 0.05) is 6.42 Å². The smallest absolute Gasteiger partial charge is 0.194 e. The molecule has 0 saturated carbocycles. The Morgan fingerprint density at radius 2 is 1.31 bits per heavy atom. The highest BCUT2D eigenvalue weighted by molar-refractivity contribution is 7.91. The van der Waals surface area contributed by atoms with Gasteiger partial charge in [-0.2, -0.15) is 4.63 Å². The maximum absolute atomic E-state index is 12.3. The summed E-state index contributed by atoms with van der Waals surface area (Å²) >= 11 is 6.16. The summed E-state index contributed by atoms with van der Waals surface area (Å²) in [5.74, 6) is 1.13. The first-order valence-corrected chi connectivity index (χ1v) is 14.9. The number of aryl methyl sites for hydroxylation is 2. The Hall–Kier alpha value is -1.08. The molecule has 0 unspecified atom stereocenters. The van der Waals surface area contributed by atoms with E-state index in [9.17, 15) is 8.42 Å². The van der Waals surface area contributed by atoms with Crippen LogP contribution in [0.4, 0.5) is 0 Å². The first-order valence-electron chi connectivity index (χ1n) is 12.7. The van der Waals surface area contributed by atoms with Crippen molar-refractivity contribution in [1.82, 2.24) is 19.8 Å². The van der Waals surface area contributed by atoms with Crippen molar-refractivity contribution in [3.05, 3.63) is 16.5 Å². The summed E-state index contributed by atoms with van der Waals surface area (Å²) in [6.45, 7) is 4.13. The van der Waals surface area contributed by atoms with Crippen LogP contribution in [0.3, 0.4) is 0 Å². The van der Waals surface area contributed by atoms with Gasteiger partial charge in [0.25, 0.3) is 0 Å². The first kappa shape index (κ1) is 27.2. The van der Waals surface area contributed by atoms with E-state index in [1.807, 2.05) is 6.92 Å². The predicted molar refractivity (Wildman–Crippen MR) is 134 cm³/mol. The lowest BCUT2D eigenvalue weighted by atomic mass is 10.0.